The first-order valence-corrected chi connectivity index (χ1v) is 6.59. The van der Waals surface area contributed by atoms with E-state index in [-0.39, 0.29) is 0 Å². The van der Waals surface area contributed by atoms with Crippen molar-refractivity contribution in [2.75, 3.05) is 5.32 Å². The molecule has 0 atom stereocenters. The molecule has 2 nitrogen and oxygen atoms in total. The van der Waals surface area contributed by atoms with Crippen LogP contribution in [0.5, 0.6) is 0 Å². The lowest BCUT2D eigenvalue weighted by molar-refractivity contribution is 1.17. The van der Waals surface area contributed by atoms with Crippen LogP contribution in [0.15, 0.2) is 29.9 Å². The molecule has 0 bridgehead atoms. The summed E-state index contributed by atoms with van der Waals surface area (Å²) < 4.78 is 1.29. The van der Waals surface area contributed by atoms with Crippen LogP contribution in [0.4, 0.5) is 5.69 Å². The molecule has 0 aliphatic carbocycles. The molecular formula is C11H11IN2S. The van der Waals surface area contributed by atoms with E-state index >= 15 is 0 Å². The van der Waals surface area contributed by atoms with Gasteiger partial charge in [-0.2, -0.15) is 0 Å². The average Bonchev–Trinajstić information content (AvgIpc) is 2.73. The lowest BCUT2D eigenvalue weighted by Gasteiger charge is -2.06. The molecule has 1 heterocycles. The highest BCUT2D eigenvalue weighted by molar-refractivity contribution is 14.1. The topological polar surface area (TPSA) is 24.9 Å². The van der Waals surface area contributed by atoms with E-state index in [0.717, 1.165) is 6.54 Å². The number of benzene rings is 1. The van der Waals surface area contributed by atoms with Gasteiger partial charge in [0.05, 0.1) is 12.1 Å². The van der Waals surface area contributed by atoms with E-state index in [1.165, 1.54) is 19.7 Å². The number of nitrogens with one attached hydrogen (secondary N) is 1. The molecule has 78 valence electrons. The molecular weight excluding hydrogens is 319 g/mol. The van der Waals surface area contributed by atoms with E-state index in [4.69, 9.17) is 0 Å². The summed E-state index contributed by atoms with van der Waals surface area (Å²) in [6, 6.07) is 6.41. The fraction of sp³-hybridized carbons (Fsp3) is 0.182. The monoisotopic (exact) mass is 330 g/mol. The summed E-state index contributed by atoms with van der Waals surface area (Å²) in [6.07, 6.45) is 1.90. The molecule has 0 aliphatic rings. The summed E-state index contributed by atoms with van der Waals surface area (Å²) in [5.74, 6) is 0. The Morgan fingerprint density at radius 1 is 1.47 bits per heavy atom. The molecule has 0 saturated carbocycles. The molecule has 0 aliphatic heterocycles. The van der Waals surface area contributed by atoms with Gasteiger partial charge in [0.2, 0.25) is 0 Å². The smallest absolute Gasteiger partial charge is 0.0794 e. The van der Waals surface area contributed by atoms with Crippen molar-refractivity contribution in [2.45, 2.75) is 13.5 Å². The highest BCUT2D eigenvalue weighted by Gasteiger charge is 1.98. The lowest BCUT2D eigenvalue weighted by Crippen LogP contribution is -1.97. The van der Waals surface area contributed by atoms with Crippen LogP contribution >= 0.6 is 33.9 Å². The van der Waals surface area contributed by atoms with Gasteiger partial charge >= 0.3 is 0 Å². The van der Waals surface area contributed by atoms with Crippen molar-refractivity contribution < 1.29 is 0 Å². The minimum Gasteiger partial charge on any atom is -0.380 e. The van der Waals surface area contributed by atoms with E-state index in [1.54, 1.807) is 11.3 Å². The molecule has 0 radical (unpaired) electrons. The van der Waals surface area contributed by atoms with Crippen molar-refractivity contribution >= 4 is 39.6 Å². The predicted octanol–water partition coefficient (Wildman–Crippen LogP) is 3.67. The zero-order valence-corrected chi connectivity index (χ0v) is 11.3. The molecule has 0 unspecified atom stereocenters. The standard InChI is InChI=1S/C11H11IN2S/c1-8-2-3-9(4-11(8)12)14-6-10-5-13-7-15-10/h2-5,7,14H,6H2,1H3. The van der Waals surface area contributed by atoms with E-state index < -0.39 is 0 Å². The molecule has 0 fully saturated rings. The number of thiazole rings is 1. The van der Waals surface area contributed by atoms with Crippen molar-refractivity contribution in [3.8, 4) is 0 Å². The second-order valence-corrected chi connectivity index (χ2v) is 5.42. The van der Waals surface area contributed by atoms with E-state index in [2.05, 4.69) is 58.0 Å². The van der Waals surface area contributed by atoms with Gasteiger partial charge < -0.3 is 5.32 Å². The summed E-state index contributed by atoms with van der Waals surface area (Å²) in [5.41, 5.74) is 4.34. The van der Waals surface area contributed by atoms with Crippen LogP contribution in [-0.4, -0.2) is 4.98 Å². The molecule has 2 rings (SSSR count). The minimum absolute atomic E-state index is 0.851. The van der Waals surface area contributed by atoms with Crippen LogP contribution in [0.3, 0.4) is 0 Å². The Bertz CT molecular complexity index is 440. The lowest BCUT2D eigenvalue weighted by atomic mass is 10.2. The highest BCUT2D eigenvalue weighted by atomic mass is 127. The molecule has 4 heteroatoms. The third-order valence-electron chi connectivity index (χ3n) is 2.12. The Balaban J connectivity index is 2.02. The average molecular weight is 330 g/mol. The van der Waals surface area contributed by atoms with Crippen molar-refractivity contribution in [1.82, 2.24) is 4.98 Å². The number of halogens is 1. The summed E-state index contributed by atoms with van der Waals surface area (Å²) in [6.45, 7) is 2.97. The third-order valence-corrected chi connectivity index (χ3v) is 4.06. The third kappa shape index (κ3) is 2.92. The van der Waals surface area contributed by atoms with Gasteiger partial charge in [0.25, 0.3) is 0 Å². The molecule has 1 aromatic carbocycles. The number of aromatic nitrogens is 1. The Morgan fingerprint density at radius 2 is 2.33 bits per heavy atom. The van der Waals surface area contributed by atoms with Gasteiger partial charge in [0, 0.05) is 20.3 Å². The van der Waals surface area contributed by atoms with Crippen LogP contribution in [0.1, 0.15) is 10.4 Å². The van der Waals surface area contributed by atoms with E-state index in [1.807, 2.05) is 11.7 Å². The molecule has 0 saturated heterocycles. The van der Waals surface area contributed by atoms with E-state index in [0.29, 0.717) is 0 Å². The molecule has 0 amide bonds. The van der Waals surface area contributed by atoms with Crippen LogP contribution in [0.25, 0.3) is 0 Å². The van der Waals surface area contributed by atoms with Crippen molar-refractivity contribution in [3.63, 3.8) is 0 Å². The van der Waals surface area contributed by atoms with Gasteiger partial charge in [-0.05, 0) is 47.2 Å². The second kappa shape index (κ2) is 4.94. The van der Waals surface area contributed by atoms with Crippen LogP contribution in [-0.2, 0) is 6.54 Å². The Labute approximate surface area is 107 Å². The molecule has 15 heavy (non-hydrogen) atoms. The normalized spacial score (nSPS) is 10.3. The number of nitrogens with zero attached hydrogens (tertiary/aromatic N) is 1. The second-order valence-electron chi connectivity index (χ2n) is 3.29. The van der Waals surface area contributed by atoms with Gasteiger partial charge in [-0.3, -0.25) is 4.98 Å². The first kappa shape index (κ1) is 10.9. The van der Waals surface area contributed by atoms with Crippen LogP contribution in [0.2, 0.25) is 0 Å². The Kier molecular flexibility index (Phi) is 3.58. The van der Waals surface area contributed by atoms with Gasteiger partial charge in [-0.15, -0.1) is 11.3 Å². The minimum atomic E-state index is 0.851. The Morgan fingerprint density at radius 3 is 3.00 bits per heavy atom. The quantitative estimate of drug-likeness (QED) is 0.869. The van der Waals surface area contributed by atoms with Gasteiger partial charge in [0.15, 0.2) is 0 Å². The number of rotatable bonds is 3. The largest absolute Gasteiger partial charge is 0.380 e. The highest BCUT2D eigenvalue weighted by Crippen LogP contribution is 2.18. The molecule has 2 aromatic rings. The summed E-state index contributed by atoms with van der Waals surface area (Å²) in [4.78, 5) is 5.30. The SMILES string of the molecule is Cc1ccc(NCc2cncs2)cc1I. The fourth-order valence-corrected chi connectivity index (χ4v) is 2.27. The number of aryl methyl sites for hydroxylation is 1. The maximum atomic E-state index is 4.04. The first-order valence-electron chi connectivity index (χ1n) is 4.63. The molecule has 1 N–H and O–H groups in total. The summed E-state index contributed by atoms with van der Waals surface area (Å²) >= 11 is 4.03. The van der Waals surface area contributed by atoms with Crippen molar-refractivity contribution in [1.29, 1.82) is 0 Å². The first-order chi connectivity index (χ1) is 7.25. The number of anilines is 1. The van der Waals surface area contributed by atoms with Crippen LogP contribution in [0, 0.1) is 10.5 Å². The summed E-state index contributed by atoms with van der Waals surface area (Å²) in [7, 11) is 0. The zero-order chi connectivity index (χ0) is 10.7. The maximum absolute atomic E-state index is 4.04. The van der Waals surface area contributed by atoms with Crippen molar-refractivity contribution in [2.24, 2.45) is 0 Å². The number of hydrogen-bond acceptors (Lipinski definition) is 3. The van der Waals surface area contributed by atoms with Crippen molar-refractivity contribution in [3.05, 3.63) is 43.9 Å². The van der Waals surface area contributed by atoms with Gasteiger partial charge in [-0.25, -0.2) is 0 Å². The summed E-state index contributed by atoms with van der Waals surface area (Å²) in [5, 5.41) is 3.38. The van der Waals surface area contributed by atoms with Gasteiger partial charge in [-0.1, -0.05) is 6.07 Å². The maximum Gasteiger partial charge on any atom is 0.0794 e. The van der Waals surface area contributed by atoms with Gasteiger partial charge in [0.1, 0.15) is 0 Å². The number of hydrogen-bond donors (Lipinski definition) is 1. The molecule has 0 spiro atoms. The van der Waals surface area contributed by atoms with Crippen LogP contribution < -0.4 is 5.32 Å². The Hall–Kier alpha value is -0.620. The zero-order valence-electron chi connectivity index (χ0n) is 8.33. The van der Waals surface area contributed by atoms with E-state index in [9.17, 15) is 0 Å². The molecule has 1 aromatic heterocycles. The predicted molar refractivity (Wildman–Crippen MR) is 73.3 cm³/mol. The fourth-order valence-electron chi connectivity index (χ4n) is 1.22.